The van der Waals surface area contributed by atoms with Crippen LogP contribution in [0.5, 0.6) is 0 Å². The molecule has 3 fully saturated rings. The predicted octanol–water partition coefficient (Wildman–Crippen LogP) is 5.35. The average Bonchev–Trinajstić information content (AvgIpc) is 3.38. The van der Waals surface area contributed by atoms with Gasteiger partial charge in [0.2, 0.25) is 5.91 Å². The number of fused-ring (bicyclic) bond motifs is 2. The zero-order valence-electron chi connectivity index (χ0n) is 25.0. The van der Waals surface area contributed by atoms with Crippen molar-refractivity contribution in [3.8, 4) is 22.5 Å². The minimum atomic E-state index is 0.113. The summed E-state index contributed by atoms with van der Waals surface area (Å²) in [6, 6.07) is 13.3. The fourth-order valence-electron chi connectivity index (χ4n) is 7.91. The largest absolute Gasteiger partial charge is 0.381 e. The van der Waals surface area contributed by atoms with Gasteiger partial charge in [-0.15, -0.1) is 0 Å². The smallest absolute Gasteiger partial charge is 0.219 e. The summed E-state index contributed by atoms with van der Waals surface area (Å²) in [6.07, 6.45) is 11.8. The molecule has 1 N–H and O–H groups in total. The van der Waals surface area contributed by atoms with E-state index in [4.69, 9.17) is 19.8 Å². The number of carbonyl (C=O) groups excluding carboxylic acids is 1. The molecule has 8 rings (SSSR count). The SMILES string of the molecule is CC(=O)N1CCc2c(c(-c3cccc4cc(-c5ccc(CCC6CC7(CNC7)C6)nc5)ncc34)nn2C2CCOCC2)C1. The highest BCUT2D eigenvalue weighted by Gasteiger charge is 2.47. The van der Waals surface area contributed by atoms with Crippen molar-refractivity contribution < 1.29 is 9.53 Å². The summed E-state index contributed by atoms with van der Waals surface area (Å²) in [5.74, 6) is 0.973. The summed E-state index contributed by atoms with van der Waals surface area (Å²) in [5.41, 5.74) is 8.27. The molecule has 0 unspecified atom stereocenters. The molecule has 1 saturated carbocycles. The Balaban J connectivity index is 1.06. The molecule has 43 heavy (non-hydrogen) atoms. The predicted molar refractivity (Wildman–Crippen MR) is 166 cm³/mol. The van der Waals surface area contributed by atoms with E-state index in [9.17, 15) is 4.79 Å². The second-order valence-corrected chi connectivity index (χ2v) is 13.3. The highest BCUT2D eigenvalue weighted by molar-refractivity contribution is 5.97. The monoisotopic (exact) mass is 576 g/mol. The summed E-state index contributed by atoms with van der Waals surface area (Å²) in [5, 5.41) is 10.9. The Morgan fingerprint density at radius 1 is 1.09 bits per heavy atom. The molecule has 8 heteroatoms. The van der Waals surface area contributed by atoms with Gasteiger partial charge < -0.3 is 15.0 Å². The van der Waals surface area contributed by atoms with E-state index in [2.05, 4.69) is 46.4 Å². The van der Waals surface area contributed by atoms with Gasteiger partial charge in [-0.3, -0.25) is 19.4 Å². The Labute approximate surface area is 252 Å². The lowest BCUT2D eigenvalue weighted by Gasteiger charge is -2.54. The Hall–Kier alpha value is -3.62. The van der Waals surface area contributed by atoms with Crippen LogP contribution in [0.3, 0.4) is 0 Å². The minimum absolute atomic E-state index is 0.113. The normalized spacial score (nSPS) is 20.2. The van der Waals surface area contributed by atoms with Gasteiger partial charge in [-0.1, -0.05) is 18.2 Å². The van der Waals surface area contributed by atoms with Gasteiger partial charge in [-0.2, -0.15) is 5.10 Å². The number of pyridine rings is 2. The molecule has 0 bridgehead atoms. The lowest BCUT2D eigenvalue weighted by Crippen LogP contribution is -2.60. The molecule has 1 aliphatic carbocycles. The maximum absolute atomic E-state index is 12.4. The maximum Gasteiger partial charge on any atom is 0.219 e. The van der Waals surface area contributed by atoms with E-state index in [1.807, 2.05) is 17.3 Å². The molecule has 1 aromatic carbocycles. The molecule has 8 nitrogen and oxygen atoms in total. The van der Waals surface area contributed by atoms with Gasteiger partial charge in [0.1, 0.15) is 0 Å². The molecule has 1 spiro atoms. The molecule has 0 atom stereocenters. The van der Waals surface area contributed by atoms with E-state index >= 15 is 0 Å². The number of hydrogen-bond donors (Lipinski definition) is 1. The van der Waals surface area contributed by atoms with E-state index in [1.165, 1.54) is 49.3 Å². The number of nitrogens with one attached hydrogen (secondary N) is 1. The molecule has 3 aliphatic heterocycles. The van der Waals surface area contributed by atoms with Crippen molar-refractivity contribution in [3.05, 3.63) is 65.7 Å². The number of ether oxygens (including phenoxy) is 1. The quantitative estimate of drug-likeness (QED) is 0.333. The molecule has 3 aromatic heterocycles. The Kier molecular flexibility index (Phi) is 6.79. The number of amides is 1. The minimum Gasteiger partial charge on any atom is -0.381 e. The van der Waals surface area contributed by atoms with Crippen LogP contribution in [-0.4, -0.2) is 63.4 Å². The fourth-order valence-corrected chi connectivity index (χ4v) is 7.91. The summed E-state index contributed by atoms with van der Waals surface area (Å²) in [6.45, 7) is 6.97. The third kappa shape index (κ3) is 4.94. The van der Waals surface area contributed by atoms with Gasteiger partial charge in [0.15, 0.2) is 0 Å². The Morgan fingerprint density at radius 2 is 1.95 bits per heavy atom. The lowest BCUT2D eigenvalue weighted by molar-refractivity contribution is -0.129. The lowest BCUT2D eigenvalue weighted by atomic mass is 9.57. The molecule has 4 aromatic rings. The molecule has 0 radical (unpaired) electrons. The maximum atomic E-state index is 12.4. The van der Waals surface area contributed by atoms with Crippen LogP contribution >= 0.6 is 0 Å². The van der Waals surface area contributed by atoms with Crippen LogP contribution in [0.4, 0.5) is 0 Å². The summed E-state index contributed by atoms with van der Waals surface area (Å²) >= 11 is 0. The number of nitrogens with zero attached hydrogens (tertiary/aromatic N) is 5. The zero-order valence-corrected chi connectivity index (χ0v) is 25.0. The van der Waals surface area contributed by atoms with Gasteiger partial charge in [0, 0.05) is 98.6 Å². The summed E-state index contributed by atoms with van der Waals surface area (Å²) < 4.78 is 7.91. The zero-order chi connectivity index (χ0) is 29.0. The highest BCUT2D eigenvalue weighted by atomic mass is 16.5. The first kappa shape index (κ1) is 27.0. The van der Waals surface area contributed by atoms with Gasteiger partial charge in [-0.05, 0) is 73.4 Å². The number of aromatic nitrogens is 4. The fraction of sp³-hybridized carbons (Fsp3) is 0.486. The van der Waals surface area contributed by atoms with E-state index in [-0.39, 0.29) is 5.91 Å². The van der Waals surface area contributed by atoms with Crippen LogP contribution in [0, 0.1) is 11.3 Å². The van der Waals surface area contributed by atoms with Crippen molar-refractivity contribution in [1.29, 1.82) is 0 Å². The molecular formula is C35H40N6O2. The van der Waals surface area contributed by atoms with E-state index in [0.717, 1.165) is 84.6 Å². The molecule has 1 amide bonds. The first-order valence-electron chi connectivity index (χ1n) is 16.0. The summed E-state index contributed by atoms with van der Waals surface area (Å²) in [4.78, 5) is 24.0. The first-order valence-corrected chi connectivity index (χ1v) is 16.0. The molecule has 4 aliphatic rings. The van der Waals surface area contributed by atoms with E-state index in [0.29, 0.717) is 18.0 Å². The van der Waals surface area contributed by atoms with Gasteiger partial charge in [0.05, 0.1) is 17.4 Å². The number of carbonyl (C=O) groups is 1. The molecule has 2 saturated heterocycles. The van der Waals surface area contributed by atoms with Crippen molar-refractivity contribution in [1.82, 2.24) is 30.0 Å². The highest BCUT2D eigenvalue weighted by Crippen LogP contribution is 2.50. The second-order valence-electron chi connectivity index (χ2n) is 13.3. The standard InChI is InChI=1S/C35H40N6O2/c1-23(42)40-12-9-33-31(20-40)34(39-41(33)28-10-13-43-14-11-28)29-4-2-3-25-15-32(38-19-30(25)29)26-6-8-27(37-18-26)7-5-24-16-35(17-24)21-36-22-35/h2-4,6,8,15,18-19,24,28,36H,5,7,9-14,16-17,20-22H2,1H3. The average molecular weight is 577 g/mol. The van der Waals surface area contributed by atoms with Crippen LogP contribution < -0.4 is 5.32 Å². The Morgan fingerprint density at radius 3 is 2.70 bits per heavy atom. The number of benzene rings is 1. The number of rotatable bonds is 6. The van der Waals surface area contributed by atoms with Crippen LogP contribution in [-0.2, 0) is 28.9 Å². The molecule has 6 heterocycles. The number of aryl methyl sites for hydroxylation is 1. The van der Waals surface area contributed by atoms with Crippen LogP contribution in [0.1, 0.15) is 62.0 Å². The molecular weight excluding hydrogens is 536 g/mol. The van der Waals surface area contributed by atoms with Crippen LogP contribution in [0.2, 0.25) is 0 Å². The van der Waals surface area contributed by atoms with Crippen LogP contribution in [0.25, 0.3) is 33.3 Å². The summed E-state index contributed by atoms with van der Waals surface area (Å²) in [7, 11) is 0. The van der Waals surface area contributed by atoms with E-state index < -0.39 is 0 Å². The van der Waals surface area contributed by atoms with Crippen molar-refractivity contribution >= 4 is 16.7 Å². The third-order valence-electron chi connectivity index (χ3n) is 10.5. The van der Waals surface area contributed by atoms with Crippen molar-refractivity contribution in [3.63, 3.8) is 0 Å². The van der Waals surface area contributed by atoms with Crippen molar-refractivity contribution in [2.45, 2.75) is 64.5 Å². The topological polar surface area (TPSA) is 85.2 Å². The van der Waals surface area contributed by atoms with Gasteiger partial charge in [-0.25, -0.2) is 0 Å². The van der Waals surface area contributed by atoms with Crippen LogP contribution in [0.15, 0.2) is 48.8 Å². The van der Waals surface area contributed by atoms with Gasteiger partial charge in [0.25, 0.3) is 0 Å². The Bertz CT molecular complexity index is 1660. The third-order valence-corrected chi connectivity index (χ3v) is 10.5. The molecule has 222 valence electrons. The van der Waals surface area contributed by atoms with Crippen molar-refractivity contribution in [2.75, 3.05) is 32.8 Å². The second kappa shape index (κ2) is 10.8. The number of hydrogen-bond acceptors (Lipinski definition) is 6. The van der Waals surface area contributed by atoms with E-state index in [1.54, 1.807) is 6.92 Å². The van der Waals surface area contributed by atoms with Gasteiger partial charge >= 0.3 is 0 Å². The van der Waals surface area contributed by atoms with Crippen molar-refractivity contribution in [2.24, 2.45) is 11.3 Å². The first-order chi connectivity index (χ1) is 21.1.